The number of phosphoric ester groups is 1. The van der Waals surface area contributed by atoms with Crippen molar-refractivity contribution in [3.63, 3.8) is 0 Å². The monoisotopic (exact) mass is 514 g/mol. The highest BCUT2D eigenvalue weighted by atomic mass is 31.2. The van der Waals surface area contributed by atoms with Crippen LogP contribution < -0.4 is 13.6 Å². The average molecular weight is 515 g/mol. The molecule has 0 aliphatic rings. The molecule has 5 heteroatoms. The molecule has 0 heterocycles. The van der Waals surface area contributed by atoms with Gasteiger partial charge in [-0.05, 0) is 34.6 Å². The zero-order chi connectivity index (χ0) is 26.7. The van der Waals surface area contributed by atoms with Crippen LogP contribution in [0.4, 0.5) is 0 Å². The first-order valence-electron chi connectivity index (χ1n) is 12.5. The van der Waals surface area contributed by atoms with E-state index >= 15 is 0 Å². The average Bonchev–Trinajstić information content (AvgIpc) is 2.84. The summed E-state index contributed by atoms with van der Waals surface area (Å²) in [6.07, 6.45) is 0. The first kappa shape index (κ1) is 26.6. The highest BCUT2D eigenvalue weighted by Gasteiger charge is 2.37. The molecule has 0 unspecified atom stereocenters. The molecule has 0 radical (unpaired) electrons. The maximum Gasteiger partial charge on any atom is 0.647 e. The van der Waals surface area contributed by atoms with Crippen molar-refractivity contribution in [3.05, 3.63) is 114 Å². The second kappa shape index (κ2) is 10.5. The lowest BCUT2D eigenvalue weighted by atomic mass is 9.86. The van der Waals surface area contributed by atoms with Gasteiger partial charge in [0.1, 0.15) is 17.2 Å². The van der Waals surface area contributed by atoms with Gasteiger partial charge in [-0.15, -0.1) is 0 Å². The van der Waals surface area contributed by atoms with Gasteiger partial charge in [0, 0.05) is 16.7 Å². The fourth-order valence-corrected chi connectivity index (χ4v) is 5.46. The highest BCUT2D eigenvalue weighted by molar-refractivity contribution is 7.49. The van der Waals surface area contributed by atoms with Crippen LogP contribution in [0.1, 0.15) is 52.7 Å². The minimum Gasteiger partial charge on any atom is -0.386 e. The summed E-state index contributed by atoms with van der Waals surface area (Å²) in [5.41, 5.74) is 3.06. The fraction of sp³-hybridized carbons (Fsp3) is 0.250. The van der Waals surface area contributed by atoms with Crippen molar-refractivity contribution in [1.29, 1.82) is 0 Å². The van der Waals surface area contributed by atoms with Crippen LogP contribution in [0.3, 0.4) is 0 Å². The Morgan fingerprint density at radius 2 is 0.865 bits per heavy atom. The van der Waals surface area contributed by atoms with E-state index in [1.165, 1.54) is 0 Å². The molecule has 0 saturated heterocycles. The Hall–Kier alpha value is -3.49. The third-order valence-electron chi connectivity index (χ3n) is 5.99. The van der Waals surface area contributed by atoms with Gasteiger partial charge >= 0.3 is 7.82 Å². The molecule has 0 fully saturated rings. The lowest BCUT2D eigenvalue weighted by Gasteiger charge is -2.28. The molecule has 0 aliphatic heterocycles. The molecular formula is C32H35O4P. The molecule has 0 aromatic heterocycles. The van der Waals surface area contributed by atoms with Crippen molar-refractivity contribution in [1.82, 2.24) is 0 Å². The van der Waals surface area contributed by atoms with Gasteiger partial charge in [0.15, 0.2) is 0 Å². The Morgan fingerprint density at radius 3 is 1.35 bits per heavy atom. The van der Waals surface area contributed by atoms with Crippen molar-refractivity contribution >= 4 is 7.82 Å². The molecule has 0 spiro atoms. The lowest BCUT2D eigenvalue weighted by Crippen LogP contribution is -2.17. The van der Waals surface area contributed by atoms with Gasteiger partial charge in [-0.2, -0.15) is 4.57 Å². The largest absolute Gasteiger partial charge is 0.647 e. The topological polar surface area (TPSA) is 44.8 Å². The van der Waals surface area contributed by atoms with E-state index in [9.17, 15) is 4.57 Å². The smallest absolute Gasteiger partial charge is 0.386 e. The summed E-state index contributed by atoms with van der Waals surface area (Å²) < 4.78 is 33.3. The van der Waals surface area contributed by atoms with E-state index in [2.05, 4.69) is 41.5 Å². The second-order valence-corrected chi connectivity index (χ2v) is 12.5. The van der Waals surface area contributed by atoms with Crippen LogP contribution in [0.15, 0.2) is 103 Å². The zero-order valence-corrected chi connectivity index (χ0v) is 23.3. The number of hydrogen-bond acceptors (Lipinski definition) is 4. The molecule has 0 saturated carbocycles. The second-order valence-electron chi connectivity index (χ2n) is 11.1. The maximum atomic E-state index is 14.6. The van der Waals surface area contributed by atoms with Crippen molar-refractivity contribution in [3.8, 4) is 28.4 Å². The van der Waals surface area contributed by atoms with Gasteiger partial charge in [0.25, 0.3) is 0 Å². The van der Waals surface area contributed by atoms with Crippen molar-refractivity contribution < 1.29 is 18.1 Å². The Bertz CT molecular complexity index is 1330. The van der Waals surface area contributed by atoms with E-state index in [1.807, 2.05) is 84.9 Å². The molecule has 0 amide bonds. The van der Waals surface area contributed by atoms with E-state index in [-0.39, 0.29) is 10.8 Å². The van der Waals surface area contributed by atoms with Crippen LogP contribution >= 0.6 is 7.82 Å². The van der Waals surface area contributed by atoms with E-state index in [0.29, 0.717) is 17.2 Å². The van der Waals surface area contributed by atoms with E-state index < -0.39 is 7.82 Å². The van der Waals surface area contributed by atoms with Crippen LogP contribution in [0.5, 0.6) is 17.2 Å². The van der Waals surface area contributed by atoms with Crippen LogP contribution in [-0.2, 0) is 15.4 Å². The minimum absolute atomic E-state index is 0.243. The van der Waals surface area contributed by atoms with Crippen LogP contribution in [0.2, 0.25) is 0 Å². The molecule has 0 bridgehead atoms. The molecule has 4 nitrogen and oxygen atoms in total. The first-order chi connectivity index (χ1) is 17.5. The summed E-state index contributed by atoms with van der Waals surface area (Å²) in [6.45, 7) is 12.5. The van der Waals surface area contributed by atoms with Crippen LogP contribution in [0, 0.1) is 0 Å². The van der Waals surface area contributed by atoms with Crippen molar-refractivity contribution in [2.75, 3.05) is 0 Å². The van der Waals surface area contributed by atoms with Gasteiger partial charge in [-0.25, -0.2) is 0 Å². The Balaban J connectivity index is 1.82. The van der Waals surface area contributed by atoms with Gasteiger partial charge in [-0.1, -0.05) is 126 Å². The number of para-hydroxylation sites is 3. The van der Waals surface area contributed by atoms with Gasteiger partial charge in [0.05, 0.1) is 0 Å². The molecule has 192 valence electrons. The molecular weight excluding hydrogens is 479 g/mol. The first-order valence-corrected chi connectivity index (χ1v) is 13.9. The molecule has 37 heavy (non-hydrogen) atoms. The maximum absolute atomic E-state index is 14.6. The van der Waals surface area contributed by atoms with E-state index in [4.69, 9.17) is 13.6 Å². The quantitative estimate of drug-likeness (QED) is 0.230. The zero-order valence-electron chi connectivity index (χ0n) is 22.4. The summed E-state index contributed by atoms with van der Waals surface area (Å²) in [4.78, 5) is 0. The van der Waals surface area contributed by atoms with Crippen molar-refractivity contribution in [2.24, 2.45) is 0 Å². The Morgan fingerprint density at radius 1 is 0.486 bits per heavy atom. The SMILES string of the molecule is CC(C)(C)c1ccccc1OP(=O)(Oc1ccccc1-c1ccccc1)Oc1ccccc1C(C)(C)C. The molecule has 0 N–H and O–H groups in total. The van der Waals surface area contributed by atoms with Crippen molar-refractivity contribution in [2.45, 2.75) is 52.4 Å². The predicted molar refractivity (Wildman–Crippen MR) is 152 cm³/mol. The van der Waals surface area contributed by atoms with Gasteiger partial charge in [-0.3, -0.25) is 0 Å². The number of rotatable bonds is 7. The van der Waals surface area contributed by atoms with Crippen LogP contribution in [-0.4, -0.2) is 0 Å². The van der Waals surface area contributed by atoms with Gasteiger partial charge < -0.3 is 13.6 Å². The molecule has 4 aromatic carbocycles. The third-order valence-corrected chi connectivity index (χ3v) is 7.25. The minimum atomic E-state index is -4.23. The van der Waals surface area contributed by atoms with E-state index in [1.54, 1.807) is 18.2 Å². The summed E-state index contributed by atoms with van der Waals surface area (Å²) in [5, 5.41) is 0. The van der Waals surface area contributed by atoms with Gasteiger partial charge in [0.2, 0.25) is 0 Å². The fourth-order valence-electron chi connectivity index (χ4n) is 4.15. The number of hydrogen-bond donors (Lipinski definition) is 0. The lowest BCUT2D eigenvalue weighted by molar-refractivity contribution is 0.293. The predicted octanol–water partition coefficient (Wildman–Crippen LogP) is 9.59. The van der Waals surface area contributed by atoms with Crippen LogP contribution in [0.25, 0.3) is 11.1 Å². The number of benzene rings is 4. The molecule has 0 aliphatic carbocycles. The van der Waals surface area contributed by atoms with E-state index in [0.717, 1.165) is 22.3 Å². The third kappa shape index (κ3) is 6.45. The highest BCUT2D eigenvalue weighted by Crippen LogP contribution is 2.54. The Kier molecular flexibility index (Phi) is 7.52. The summed E-state index contributed by atoms with van der Waals surface area (Å²) >= 11 is 0. The summed E-state index contributed by atoms with van der Waals surface area (Å²) in [6, 6.07) is 32.5. The number of phosphoric acid groups is 1. The molecule has 0 atom stereocenters. The summed E-state index contributed by atoms with van der Waals surface area (Å²) in [5.74, 6) is 1.34. The standard InChI is InChI=1S/C32H35O4P/c1-31(2,3)26-19-11-14-22-29(26)35-37(33,36-30-23-15-12-20-27(30)32(4,5)6)34-28-21-13-10-18-25(28)24-16-8-7-9-17-24/h7-23H,1-6H3. The summed E-state index contributed by atoms with van der Waals surface area (Å²) in [7, 11) is -4.23. The Labute approximate surface area is 220 Å². The normalized spacial score (nSPS) is 12.2. The molecule has 4 aromatic rings. The molecule has 4 rings (SSSR count).